The van der Waals surface area contributed by atoms with E-state index in [4.69, 9.17) is 4.74 Å². The maximum absolute atomic E-state index is 13.2. The zero-order valence-corrected chi connectivity index (χ0v) is 25.4. The van der Waals surface area contributed by atoms with Gasteiger partial charge in [0.05, 0.1) is 28.5 Å². The second kappa shape index (κ2) is 13.1. The maximum Gasteiger partial charge on any atom is 0.338 e. The highest BCUT2D eigenvalue weighted by Crippen LogP contribution is 2.39. The van der Waals surface area contributed by atoms with Crippen molar-refractivity contribution in [2.75, 3.05) is 11.9 Å². The lowest BCUT2D eigenvalue weighted by atomic mass is 10.1. The van der Waals surface area contributed by atoms with Crippen LogP contribution in [-0.2, 0) is 16.0 Å². The molecular weight excluding hydrogens is 566 g/mol. The number of anilines is 1. The van der Waals surface area contributed by atoms with Crippen LogP contribution in [0.4, 0.5) is 5.69 Å². The quantitative estimate of drug-likeness (QED) is 0.132. The predicted molar refractivity (Wildman–Crippen MR) is 180 cm³/mol. The normalized spacial score (nSPS) is 15.3. The summed E-state index contributed by atoms with van der Waals surface area (Å²) >= 11 is 1.47. The summed E-state index contributed by atoms with van der Waals surface area (Å²) in [6.07, 6.45) is 2.95. The van der Waals surface area contributed by atoms with E-state index in [0.29, 0.717) is 17.1 Å². The summed E-state index contributed by atoms with van der Waals surface area (Å²) < 4.78 is 7.39. The summed E-state index contributed by atoms with van der Waals surface area (Å²) in [5.41, 5.74) is 8.18. The molecule has 1 aliphatic heterocycles. The number of ether oxygens (including phenoxy) is 1. The molecule has 0 spiro atoms. The first-order chi connectivity index (χ1) is 21.5. The number of nitrogens with one attached hydrogen (secondary N) is 2. The molecule has 1 saturated heterocycles. The molecule has 6 rings (SSSR count). The van der Waals surface area contributed by atoms with Crippen molar-refractivity contribution in [2.24, 2.45) is 0 Å². The Morgan fingerprint density at radius 2 is 1.55 bits per heavy atom. The summed E-state index contributed by atoms with van der Waals surface area (Å²) in [6.45, 7) is 4.25. The number of esters is 1. The second-order valence-electron chi connectivity index (χ2n) is 10.3. The van der Waals surface area contributed by atoms with Gasteiger partial charge in [0, 0.05) is 16.9 Å². The molecule has 1 amide bonds. The third kappa shape index (κ3) is 6.19. The third-order valence-corrected chi connectivity index (χ3v) is 8.49. The number of rotatable bonds is 9. The molecule has 0 unspecified atom stereocenters. The topological polar surface area (TPSA) is 72.4 Å². The Morgan fingerprint density at radius 3 is 2.18 bits per heavy atom. The molecule has 0 bridgehead atoms. The standard InChI is InChI=1S/C37H33N3O3S/c1-3-25-15-19-30(20-16-25)38-37-39-35(41)33(44-37)24-29-23-32(26-11-7-5-8-12-26)40(34(29)27-13-9-6-10-14-27)31-21-17-28(18-22-31)36(42)43-4-2/h5-24,37-38H,3-4H2,1-2H3,(H,39,41)/b33-24+/t37-/m0/s1. The molecule has 2 heterocycles. The number of thioether (sulfide) groups is 1. The highest BCUT2D eigenvalue weighted by Gasteiger charge is 2.28. The molecule has 1 aromatic heterocycles. The minimum Gasteiger partial charge on any atom is -0.462 e. The lowest BCUT2D eigenvalue weighted by Gasteiger charge is -2.15. The van der Waals surface area contributed by atoms with Crippen molar-refractivity contribution < 1.29 is 14.3 Å². The van der Waals surface area contributed by atoms with Gasteiger partial charge in [0.25, 0.3) is 5.91 Å². The van der Waals surface area contributed by atoms with Gasteiger partial charge in [-0.3, -0.25) is 4.79 Å². The molecule has 44 heavy (non-hydrogen) atoms. The van der Waals surface area contributed by atoms with E-state index < -0.39 is 0 Å². The fourth-order valence-electron chi connectivity index (χ4n) is 5.28. The monoisotopic (exact) mass is 599 g/mol. The van der Waals surface area contributed by atoms with Gasteiger partial charge in [0.1, 0.15) is 0 Å². The van der Waals surface area contributed by atoms with Crippen LogP contribution in [0.1, 0.15) is 35.3 Å². The van der Waals surface area contributed by atoms with Crippen LogP contribution in [0.5, 0.6) is 0 Å². The zero-order chi connectivity index (χ0) is 30.5. The molecule has 1 atom stereocenters. The fraction of sp³-hybridized carbons (Fsp3) is 0.135. The Hall–Kier alpha value is -5.01. The Morgan fingerprint density at radius 1 is 0.886 bits per heavy atom. The van der Waals surface area contributed by atoms with E-state index in [2.05, 4.69) is 64.6 Å². The number of aryl methyl sites for hydroxylation is 1. The predicted octanol–water partition coefficient (Wildman–Crippen LogP) is 8.15. The maximum atomic E-state index is 13.2. The molecule has 4 aromatic carbocycles. The molecule has 6 nitrogen and oxygen atoms in total. The van der Waals surface area contributed by atoms with Gasteiger partial charge in [-0.05, 0) is 78.6 Å². The first-order valence-electron chi connectivity index (χ1n) is 14.7. The van der Waals surface area contributed by atoms with Gasteiger partial charge in [-0.25, -0.2) is 4.79 Å². The second-order valence-corrected chi connectivity index (χ2v) is 11.5. The number of amides is 1. The van der Waals surface area contributed by atoms with Crippen molar-refractivity contribution in [3.8, 4) is 28.2 Å². The molecule has 1 aliphatic rings. The first kappa shape index (κ1) is 29.1. The van der Waals surface area contributed by atoms with Crippen LogP contribution in [0, 0.1) is 0 Å². The summed E-state index contributed by atoms with van der Waals surface area (Å²) in [4.78, 5) is 26.2. The number of carbonyl (C=O) groups is 2. The van der Waals surface area contributed by atoms with E-state index in [1.807, 2.05) is 66.7 Å². The van der Waals surface area contributed by atoms with Gasteiger partial charge in [-0.15, -0.1) is 0 Å². The van der Waals surface area contributed by atoms with E-state index in [-0.39, 0.29) is 17.4 Å². The Labute approximate surface area is 261 Å². The number of carbonyl (C=O) groups excluding carboxylic acids is 2. The van der Waals surface area contributed by atoms with Gasteiger partial charge in [-0.1, -0.05) is 91.5 Å². The first-order valence-corrected chi connectivity index (χ1v) is 15.6. The zero-order valence-electron chi connectivity index (χ0n) is 24.6. The smallest absolute Gasteiger partial charge is 0.338 e. The van der Waals surface area contributed by atoms with Crippen molar-refractivity contribution >= 4 is 35.4 Å². The number of nitrogens with zero attached hydrogens (tertiary/aromatic N) is 1. The number of benzene rings is 4. The van der Waals surface area contributed by atoms with E-state index in [1.165, 1.54) is 17.3 Å². The number of hydrogen-bond acceptors (Lipinski definition) is 5. The molecule has 0 aliphatic carbocycles. The molecule has 5 aromatic rings. The molecule has 0 saturated carbocycles. The largest absolute Gasteiger partial charge is 0.462 e. The molecule has 2 N–H and O–H groups in total. The molecule has 7 heteroatoms. The van der Waals surface area contributed by atoms with Crippen molar-refractivity contribution in [1.82, 2.24) is 9.88 Å². The molecule has 1 fully saturated rings. The summed E-state index contributed by atoms with van der Waals surface area (Å²) in [6, 6.07) is 38.2. The lowest BCUT2D eigenvalue weighted by molar-refractivity contribution is -0.116. The van der Waals surface area contributed by atoms with Gasteiger partial charge in [-0.2, -0.15) is 0 Å². The highest BCUT2D eigenvalue weighted by molar-refractivity contribution is 8.05. The Balaban J connectivity index is 1.44. The number of aromatic nitrogens is 1. The van der Waals surface area contributed by atoms with E-state index in [1.54, 1.807) is 19.1 Å². The van der Waals surface area contributed by atoms with Crippen molar-refractivity contribution in [2.45, 2.75) is 25.8 Å². The van der Waals surface area contributed by atoms with Crippen LogP contribution >= 0.6 is 11.8 Å². The van der Waals surface area contributed by atoms with Gasteiger partial charge >= 0.3 is 5.97 Å². The van der Waals surface area contributed by atoms with Crippen LogP contribution in [0.2, 0.25) is 0 Å². The average Bonchev–Trinajstić information content (AvgIpc) is 3.61. The van der Waals surface area contributed by atoms with E-state index >= 15 is 0 Å². The highest BCUT2D eigenvalue weighted by atomic mass is 32.2. The molecule has 0 radical (unpaired) electrons. The summed E-state index contributed by atoms with van der Waals surface area (Å²) in [5.74, 6) is -0.471. The van der Waals surface area contributed by atoms with Gasteiger partial charge in [0.15, 0.2) is 5.50 Å². The lowest BCUT2D eigenvalue weighted by Crippen LogP contribution is -2.30. The summed E-state index contributed by atoms with van der Waals surface area (Å²) in [5, 5.41) is 6.49. The number of hydrogen-bond donors (Lipinski definition) is 2. The average molecular weight is 600 g/mol. The van der Waals surface area contributed by atoms with Crippen LogP contribution < -0.4 is 10.6 Å². The minimum absolute atomic E-state index is 0.121. The summed E-state index contributed by atoms with van der Waals surface area (Å²) in [7, 11) is 0. The fourth-order valence-corrected chi connectivity index (χ4v) is 6.25. The van der Waals surface area contributed by atoms with Crippen molar-refractivity contribution in [1.29, 1.82) is 0 Å². The van der Waals surface area contributed by atoms with Crippen LogP contribution in [0.3, 0.4) is 0 Å². The van der Waals surface area contributed by atoms with Gasteiger partial charge < -0.3 is 19.9 Å². The van der Waals surface area contributed by atoms with Crippen LogP contribution in [0.25, 0.3) is 34.3 Å². The van der Waals surface area contributed by atoms with Crippen LogP contribution in [-0.4, -0.2) is 28.5 Å². The van der Waals surface area contributed by atoms with Crippen LogP contribution in [0.15, 0.2) is 120 Å². The molecular formula is C37H33N3O3S. The van der Waals surface area contributed by atoms with Gasteiger partial charge in [0.2, 0.25) is 0 Å². The Bertz CT molecular complexity index is 1800. The Kier molecular flexibility index (Phi) is 8.66. The van der Waals surface area contributed by atoms with Crippen molar-refractivity contribution in [3.63, 3.8) is 0 Å². The SMILES string of the molecule is CCOC(=O)c1ccc(-n2c(-c3ccccc3)cc(/C=C3/S[C@@H](Nc4ccc(CC)cc4)NC3=O)c2-c2ccccc2)cc1. The molecule has 220 valence electrons. The van der Waals surface area contributed by atoms with E-state index in [0.717, 1.165) is 45.9 Å². The van der Waals surface area contributed by atoms with E-state index in [9.17, 15) is 9.59 Å². The third-order valence-electron chi connectivity index (χ3n) is 7.46. The van der Waals surface area contributed by atoms with Crippen molar-refractivity contribution in [3.05, 3.63) is 137 Å². The minimum atomic E-state index is -0.350.